The first kappa shape index (κ1) is 18.7. The first-order valence-corrected chi connectivity index (χ1v) is 9.34. The summed E-state index contributed by atoms with van der Waals surface area (Å²) >= 11 is 0. The van der Waals surface area contributed by atoms with Gasteiger partial charge in [0.1, 0.15) is 24.9 Å². The summed E-state index contributed by atoms with van der Waals surface area (Å²) < 4.78 is 7.28. The zero-order valence-electron chi connectivity index (χ0n) is 16.1. The van der Waals surface area contributed by atoms with Crippen molar-refractivity contribution in [1.82, 2.24) is 20.1 Å². The van der Waals surface area contributed by atoms with Crippen molar-refractivity contribution in [2.24, 2.45) is 0 Å². The first-order valence-electron chi connectivity index (χ1n) is 9.34. The number of carbonyl (C=O) groups is 2. The number of fused-ring (bicyclic) bond motifs is 1. The summed E-state index contributed by atoms with van der Waals surface area (Å²) in [7, 11) is 0. The topological polar surface area (TPSA) is 89.3 Å². The van der Waals surface area contributed by atoms with Crippen molar-refractivity contribution in [2.45, 2.75) is 26.0 Å². The molecule has 0 saturated carbocycles. The van der Waals surface area contributed by atoms with Crippen LogP contribution in [0, 0.1) is 0 Å². The monoisotopic (exact) mass is 391 g/mol. The molecule has 0 radical (unpaired) electrons. The SMILES string of the molecule is CC1Oc2ccccc2N(CC(=O)NC(C)c2ccc(-n3cncn3)cc2)C1=O. The second-order valence-electron chi connectivity index (χ2n) is 6.87. The Balaban J connectivity index is 1.43. The zero-order valence-corrected chi connectivity index (χ0v) is 16.1. The van der Waals surface area contributed by atoms with Gasteiger partial charge in [0.05, 0.1) is 17.4 Å². The van der Waals surface area contributed by atoms with Gasteiger partial charge in [-0.05, 0) is 43.7 Å². The van der Waals surface area contributed by atoms with Gasteiger partial charge >= 0.3 is 0 Å². The van der Waals surface area contributed by atoms with Gasteiger partial charge in [-0.3, -0.25) is 14.5 Å². The minimum absolute atomic E-state index is 0.0646. The number of ether oxygens (including phenoxy) is 1. The molecule has 3 aromatic rings. The molecule has 2 amide bonds. The number of hydrogen-bond donors (Lipinski definition) is 1. The summed E-state index contributed by atoms with van der Waals surface area (Å²) in [5.41, 5.74) is 2.44. The van der Waals surface area contributed by atoms with Crippen molar-refractivity contribution in [3.05, 3.63) is 66.7 Å². The fraction of sp³-hybridized carbons (Fsp3) is 0.238. The van der Waals surface area contributed by atoms with Crippen LogP contribution in [0.5, 0.6) is 5.75 Å². The van der Waals surface area contributed by atoms with Gasteiger partial charge < -0.3 is 10.1 Å². The third kappa shape index (κ3) is 3.82. The molecule has 8 nitrogen and oxygen atoms in total. The van der Waals surface area contributed by atoms with Gasteiger partial charge in [-0.25, -0.2) is 9.67 Å². The Labute approximate surface area is 168 Å². The third-order valence-corrected chi connectivity index (χ3v) is 4.83. The maximum Gasteiger partial charge on any atom is 0.268 e. The van der Waals surface area contributed by atoms with Crippen LogP contribution in [0.15, 0.2) is 61.2 Å². The number of para-hydroxylation sites is 2. The summed E-state index contributed by atoms with van der Waals surface area (Å²) in [6.45, 7) is 3.52. The second-order valence-corrected chi connectivity index (χ2v) is 6.87. The Hall–Kier alpha value is -3.68. The van der Waals surface area contributed by atoms with E-state index in [0.717, 1.165) is 11.3 Å². The molecule has 2 heterocycles. The molecule has 29 heavy (non-hydrogen) atoms. The number of amides is 2. The maximum absolute atomic E-state index is 12.6. The fourth-order valence-electron chi connectivity index (χ4n) is 3.29. The van der Waals surface area contributed by atoms with Crippen molar-refractivity contribution in [3.8, 4) is 11.4 Å². The highest BCUT2D eigenvalue weighted by Crippen LogP contribution is 2.33. The quantitative estimate of drug-likeness (QED) is 0.721. The largest absolute Gasteiger partial charge is 0.479 e. The normalized spacial score (nSPS) is 16.7. The summed E-state index contributed by atoms with van der Waals surface area (Å²) in [5.74, 6) is 0.128. The molecule has 1 aliphatic heterocycles. The smallest absolute Gasteiger partial charge is 0.268 e. The molecule has 0 saturated heterocycles. The molecule has 1 aromatic heterocycles. The van der Waals surface area contributed by atoms with Crippen LogP contribution in [0.25, 0.3) is 5.69 Å². The number of nitrogens with one attached hydrogen (secondary N) is 1. The molecule has 1 N–H and O–H groups in total. The second kappa shape index (κ2) is 7.75. The van der Waals surface area contributed by atoms with Gasteiger partial charge in [-0.15, -0.1) is 0 Å². The fourth-order valence-corrected chi connectivity index (χ4v) is 3.29. The highest BCUT2D eigenvalue weighted by molar-refractivity contribution is 6.03. The number of rotatable bonds is 5. The molecule has 2 aromatic carbocycles. The first-order chi connectivity index (χ1) is 14.0. The Morgan fingerprint density at radius 3 is 2.69 bits per heavy atom. The average molecular weight is 391 g/mol. The molecule has 1 aliphatic rings. The third-order valence-electron chi connectivity index (χ3n) is 4.83. The molecule has 148 valence electrons. The number of aromatic nitrogens is 3. The van der Waals surface area contributed by atoms with E-state index in [1.54, 1.807) is 30.1 Å². The van der Waals surface area contributed by atoms with E-state index in [4.69, 9.17) is 4.74 Å². The number of benzene rings is 2. The van der Waals surface area contributed by atoms with E-state index in [1.165, 1.54) is 11.2 Å². The van der Waals surface area contributed by atoms with Crippen LogP contribution >= 0.6 is 0 Å². The summed E-state index contributed by atoms with van der Waals surface area (Å²) in [4.78, 5) is 30.6. The van der Waals surface area contributed by atoms with E-state index in [9.17, 15) is 9.59 Å². The molecule has 0 spiro atoms. The Bertz CT molecular complexity index is 1020. The summed E-state index contributed by atoms with van der Waals surface area (Å²) in [6.07, 6.45) is 2.47. The van der Waals surface area contributed by atoms with Crippen LogP contribution in [0.1, 0.15) is 25.5 Å². The minimum atomic E-state index is -0.626. The molecule has 0 bridgehead atoms. The van der Waals surface area contributed by atoms with Gasteiger partial charge in [0.25, 0.3) is 5.91 Å². The van der Waals surface area contributed by atoms with E-state index < -0.39 is 6.10 Å². The van der Waals surface area contributed by atoms with Crippen LogP contribution < -0.4 is 15.0 Å². The van der Waals surface area contributed by atoms with Crippen molar-refractivity contribution in [1.29, 1.82) is 0 Å². The molecule has 2 atom stereocenters. The zero-order chi connectivity index (χ0) is 20.4. The molecular weight excluding hydrogens is 370 g/mol. The lowest BCUT2D eigenvalue weighted by atomic mass is 10.1. The van der Waals surface area contributed by atoms with Gasteiger partial charge in [0.2, 0.25) is 5.91 Å². The standard InChI is InChI=1S/C21H21N5O3/c1-14(16-7-9-17(10-8-16)26-13-22-12-23-26)24-20(27)11-25-18-5-3-4-6-19(18)29-15(2)21(25)28/h3-10,12-15H,11H2,1-2H3,(H,24,27). The van der Waals surface area contributed by atoms with Crippen LogP contribution in [-0.4, -0.2) is 39.2 Å². The highest BCUT2D eigenvalue weighted by Gasteiger charge is 2.32. The van der Waals surface area contributed by atoms with E-state index in [-0.39, 0.29) is 24.4 Å². The molecule has 2 unspecified atom stereocenters. The number of anilines is 1. The molecular formula is C21H21N5O3. The molecule has 4 rings (SSSR count). The molecule has 0 fully saturated rings. The van der Waals surface area contributed by atoms with Crippen LogP contribution in [0.2, 0.25) is 0 Å². The Kier molecular flexibility index (Phi) is 4.99. The predicted octanol–water partition coefficient (Wildman–Crippen LogP) is 2.26. The Morgan fingerprint density at radius 1 is 1.21 bits per heavy atom. The Morgan fingerprint density at radius 2 is 1.97 bits per heavy atom. The van der Waals surface area contributed by atoms with E-state index in [2.05, 4.69) is 15.4 Å². The highest BCUT2D eigenvalue weighted by atomic mass is 16.5. The van der Waals surface area contributed by atoms with Crippen molar-refractivity contribution >= 4 is 17.5 Å². The lowest BCUT2D eigenvalue weighted by molar-refractivity contribution is -0.128. The number of hydrogen-bond acceptors (Lipinski definition) is 5. The van der Waals surface area contributed by atoms with E-state index in [0.29, 0.717) is 11.4 Å². The van der Waals surface area contributed by atoms with Crippen molar-refractivity contribution < 1.29 is 14.3 Å². The number of nitrogens with zero attached hydrogens (tertiary/aromatic N) is 4. The summed E-state index contributed by atoms with van der Waals surface area (Å²) in [6, 6.07) is 14.7. The van der Waals surface area contributed by atoms with E-state index in [1.807, 2.05) is 43.3 Å². The van der Waals surface area contributed by atoms with Crippen LogP contribution in [-0.2, 0) is 9.59 Å². The van der Waals surface area contributed by atoms with Gasteiger partial charge in [-0.1, -0.05) is 24.3 Å². The molecule has 0 aliphatic carbocycles. The van der Waals surface area contributed by atoms with Gasteiger partial charge in [0.15, 0.2) is 6.10 Å². The molecule has 8 heteroatoms. The minimum Gasteiger partial charge on any atom is -0.479 e. The van der Waals surface area contributed by atoms with Crippen LogP contribution in [0.4, 0.5) is 5.69 Å². The van der Waals surface area contributed by atoms with Crippen molar-refractivity contribution in [2.75, 3.05) is 11.4 Å². The lowest BCUT2D eigenvalue weighted by Gasteiger charge is -2.32. The summed E-state index contributed by atoms with van der Waals surface area (Å²) in [5, 5.41) is 7.05. The average Bonchev–Trinajstić information content (AvgIpc) is 3.26. The van der Waals surface area contributed by atoms with E-state index >= 15 is 0 Å². The predicted molar refractivity (Wildman–Crippen MR) is 107 cm³/mol. The lowest BCUT2D eigenvalue weighted by Crippen LogP contribution is -2.49. The number of carbonyl (C=O) groups excluding carboxylic acids is 2. The van der Waals surface area contributed by atoms with Crippen LogP contribution in [0.3, 0.4) is 0 Å². The van der Waals surface area contributed by atoms with Gasteiger partial charge in [-0.2, -0.15) is 5.10 Å². The van der Waals surface area contributed by atoms with Gasteiger partial charge in [0, 0.05) is 0 Å². The maximum atomic E-state index is 12.6. The van der Waals surface area contributed by atoms with Crippen molar-refractivity contribution in [3.63, 3.8) is 0 Å².